The number of nitriles is 1. The molecule has 1 rings (SSSR count). The van der Waals surface area contributed by atoms with Crippen molar-refractivity contribution in [2.24, 2.45) is 0 Å². The van der Waals surface area contributed by atoms with Crippen LogP contribution in [0, 0.1) is 11.3 Å². The van der Waals surface area contributed by atoms with E-state index in [1.165, 1.54) is 4.90 Å². The maximum atomic E-state index is 11.9. The summed E-state index contributed by atoms with van der Waals surface area (Å²) < 4.78 is 0. The first-order valence-electron chi connectivity index (χ1n) is 5.89. The van der Waals surface area contributed by atoms with E-state index in [0.717, 1.165) is 5.56 Å². The Morgan fingerprint density at radius 3 is 2.79 bits per heavy atom. The predicted octanol–water partition coefficient (Wildman–Crippen LogP) is 1.19. The van der Waals surface area contributed by atoms with Crippen LogP contribution in [0.25, 0.3) is 0 Å². The largest absolute Gasteiger partial charge is 0.481 e. The Labute approximate surface area is 111 Å². The SMILES string of the molecule is N#CCCN(Cc1cccnc1)C(=O)CCC(=O)O. The molecule has 0 spiro atoms. The second kappa shape index (κ2) is 7.82. The molecular weight excluding hydrogens is 246 g/mol. The minimum Gasteiger partial charge on any atom is -0.481 e. The molecule has 100 valence electrons. The third kappa shape index (κ3) is 5.64. The lowest BCUT2D eigenvalue weighted by molar-refractivity contribution is -0.141. The summed E-state index contributed by atoms with van der Waals surface area (Å²) in [4.78, 5) is 27.8. The van der Waals surface area contributed by atoms with Gasteiger partial charge in [0.05, 0.1) is 18.9 Å². The monoisotopic (exact) mass is 261 g/mol. The molecule has 0 bridgehead atoms. The van der Waals surface area contributed by atoms with Crippen molar-refractivity contribution >= 4 is 11.9 Å². The van der Waals surface area contributed by atoms with Gasteiger partial charge in [-0.05, 0) is 11.6 Å². The molecule has 0 fully saturated rings. The predicted molar refractivity (Wildman–Crippen MR) is 66.8 cm³/mol. The lowest BCUT2D eigenvalue weighted by atomic mass is 10.2. The average Bonchev–Trinajstić information content (AvgIpc) is 2.41. The highest BCUT2D eigenvalue weighted by atomic mass is 16.4. The van der Waals surface area contributed by atoms with Gasteiger partial charge in [-0.1, -0.05) is 6.07 Å². The second-order valence-electron chi connectivity index (χ2n) is 3.98. The van der Waals surface area contributed by atoms with Crippen molar-refractivity contribution in [2.45, 2.75) is 25.8 Å². The van der Waals surface area contributed by atoms with E-state index >= 15 is 0 Å². The van der Waals surface area contributed by atoms with Crippen LogP contribution in [0.2, 0.25) is 0 Å². The van der Waals surface area contributed by atoms with E-state index in [2.05, 4.69) is 4.98 Å². The number of carbonyl (C=O) groups is 2. The lowest BCUT2D eigenvalue weighted by Gasteiger charge is -2.21. The molecule has 0 radical (unpaired) electrons. The van der Waals surface area contributed by atoms with E-state index in [9.17, 15) is 9.59 Å². The summed E-state index contributed by atoms with van der Waals surface area (Å²) in [6.07, 6.45) is 3.24. The van der Waals surface area contributed by atoms with Crippen LogP contribution in [-0.2, 0) is 16.1 Å². The lowest BCUT2D eigenvalue weighted by Crippen LogP contribution is -2.31. The number of hydrogen-bond acceptors (Lipinski definition) is 4. The summed E-state index contributed by atoms with van der Waals surface area (Å²) in [5.74, 6) is -1.27. The molecule has 1 aromatic rings. The van der Waals surface area contributed by atoms with E-state index in [1.807, 2.05) is 12.1 Å². The van der Waals surface area contributed by atoms with Gasteiger partial charge in [-0.15, -0.1) is 0 Å². The molecule has 0 aliphatic carbocycles. The smallest absolute Gasteiger partial charge is 0.303 e. The normalized spacial score (nSPS) is 9.63. The van der Waals surface area contributed by atoms with Crippen molar-refractivity contribution in [3.8, 4) is 6.07 Å². The zero-order chi connectivity index (χ0) is 14.1. The number of hydrogen-bond donors (Lipinski definition) is 1. The van der Waals surface area contributed by atoms with Crippen LogP contribution in [0.3, 0.4) is 0 Å². The number of carbonyl (C=O) groups excluding carboxylic acids is 1. The summed E-state index contributed by atoms with van der Waals surface area (Å²) in [5, 5.41) is 17.2. The first-order valence-corrected chi connectivity index (χ1v) is 5.89. The highest BCUT2D eigenvalue weighted by Gasteiger charge is 2.15. The van der Waals surface area contributed by atoms with E-state index in [4.69, 9.17) is 10.4 Å². The Kier molecular flexibility index (Phi) is 6.03. The van der Waals surface area contributed by atoms with Gasteiger partial charge in [-0.25, -0.2) is 0 Å². The first-order chi connectivity index (χ1) is 9.13. The van der Waals surface area contributed by atoms with Crippen LogP contribution in [0.15, 0.2) is 24.5 Å². The summed E-state index contributed by atoms with van der Waals surface area (Å²) in [5.41, 5.74) is 0.851. The molecule has 1 heterocycles. The second-order valence-corrected chi connectivity index (χ2v) is 3.98. The van der Waals surface area contributed by atoms with Gasteiger partial charge in [0.1, 0.15) is 0 Å². The van der Waals surface area contributed by atoms with Gasteiger partial charge in [-0.2, -0.15) is 5.26 Å². The molecule has 0 unspecified atom stereocenters. The van der Waals surface area contributed by atoms with Crippen LogP contribution in [-0.4, -0.2) is 33.4 Å². The fourth-order valence-electron chi connectivity index (χ4n) is 1.56. The number of pyridine rings is 1. The zero-order valence-corrected chi connectivity index (χ0v) is 10.5. The summed E-state index contributed by atoms with van der Waals surface area (Å²) in [6.45, 7) is 0.637. The molecule has 1 amide bonds. The summed E-state index contributed by atoms with van der Waals surface area (Å²) in [7, 11) is 0. The van der Waals surface area contributed by atoms with E-state index < -0.39 is 5.97 Å². The molecule has 6 heteroatoms. The quantitative estimate of drug-likeness (QED) is 0.795. The highest BCUT2D eigenvalue weighted by Crippen LogP contribution is 2.07. The van der Waals surface area contributed by atoms with Crippen molar-refractivity contribution in [2.75, 3.05) is 6.54 Å². The number of nitrogens with zero attached hydrogens (tertiary/aromatic N) is 3. The van der Waals surface area contributed by atoms with Gasteiger partial charge in [-0.3, -0.25) is 14.6 Å². The van der Waals surface area contributed by atoms with E-state index in [-0.39, 0.29) is 25.2 Å². The van der Waals surface area contributed by atoms with Gasteiger partial charge < -0.3 is 10.0 Å². The minimum atomic E-state index is -1.00. The van der Waals surface area contributed by atoms with Gasteiger partial charge in [0.2, 0.25) is 5.91 Å². The molecule has 0 atom stereocenters. The molecule has 0 saturated carbocycles. The molecule has 1 aromatic heterocycles. The standard InChI is InChI=1S/C13H15N3O3/c14-6-2-8-16(12(17)4-5-13(18)19)10-11-3-1-7-15-9-11/h1,3,7,9H,2,4-5,8,10H2,(H,18,19). The van der Waals surface area contributed by atoms with Crippen LogP contribution in [0.5, 0.6) is 0 Å². The Bertz CT molecular complexity index is 468. The number of carboxylic acid groups (broad SMARTS) is 1. The van der Waals surface area contributed by atoms with Crippen LogP contribution in [0.4, 0.5) is 0 Å². The van der Waals surface area contributed by atoms with E-state index in [0.29, 0.717) is 13.1 Å². The van der Waals surface area contributed by atoms with Crippen molar-refractivity contribution < 1.29 is 14.7 Å². The fourth-order valence-corrected chi connectivity index (χ4v) is 1.56. The van der Waals surface area contributed by atoms with Crippen LogP contribution >= 0.6 is 0 Å². The molecule has 0 saturated heterocycles. The molecular formula is C13H15N3O3. The Balaban J connectivity index is 2.63. The minimum absolute atomic E-state index is 0.0545. The number of aliphatic carboxylic acids is 1. The molecule has 1 N–H and O–H groups in total. The van der Waals surface area contributed by atoms with Crippen molar-refractivity contribution in [1.29, 1.82) is 5.26 Å². The van der Waals surface area contributed by atoms with E-state index in [1.54, 1.807) is 18.5 Å². The highest BCUT2D eigenvalue weighted by molar-refractivity contribution is 5.80. The number of aromatic nitrogens is 1. The number of amides is 1. The van der Waals surface area contributed by atoms with Gasteiger partial charge in [0, 0.05) is 31.9 Å². The van der Waals surface area contributed by atoms with Crippen molar-refractivity contribution in [3.63, 3.8) is 0 Å². The summed E-state index contributed by atoms with van der Waals surface area (Å²) >= 11 is 0. The molecule has 0 aliphatic heterocycles. The Morgan fingerprint density at radius 2 is 2.21 bits per heavy atom. The van der Waals surface area contributed by atoms with Crippen molar-refractivity contribution in [1.82, 2.24) is 9.88 Å². The van der Waals surface area contributed by atoms with Crippen LogP contribution < -0.4 is 0 Å². The topological polar surface area (TPSA) is 94.3 Å². The van der Waals surface area contributed by atoms with Gasteiger partial charge in [0.15, 0.2) is 0 Å². The molecule has 0 aromatic carbocycles. The average molecular weight is 261 g/mol. The molecule has 0 aliphatic rings. The maximum Gasteiger partial charge on any atom is 0.303 e. The Hall–Kier alpha value is -2.42. The van der Waals surface area contributed by atoms with Gasteiger partial charge in [0.25, 0.3) is 0 Å². The first kappa shape index (κ1) is 14.6. The van der Waals surface area contributed by atoms with Crippen LogP contribution in [0.1, 0.15) is 24.8 Å². The number of carboxylic acids is 1. The maximum absolute atomic E-state index is 11.9. The Morgan fingerprint density at radius 1 is 1.42 bits per heavy atom. The molecule has 6 nitrogen and oxygen atoms in total. The van der Waals surface area contributed by atoms with Crippen molar-refractivity contribution in [3.05, 3.63) is 30.1 Å². The molecule has 19 heavy (non-hydrogen) atoms. The third-order valence-corrected chi connectivity index (χ3v) is 2.50. The number of rotatable bonds is 7. The fraction of sp³-hybridized carbons (Fsp3) is 0.385. The zero-order valence-electron chi connectivity index (χ0n) is 10.5. The third-order valence-electron chi connectivity index (χ3n) is 2.50. The summed E-state index contributed by atoms with van der Waals surface area (Å²) in [6, 6.07) is 5.57. The van der Waals surface area contributed by atoms with Gasteiger partial charge >= 0.3 is 5.97 Å².